The van der Waals surface area contributed by atoms with Crippen molar-refractivity contribution in [1.82, 2.24) is 0 Å². The van der Waals surface area contributed by atoms with E-state index in [1.165, 1.54) is 6.07 Å². The van der Waals surface area contributed by atoms with Crippen LogP contribution >= 0.6 is 0 Å². The van der Waals surface area contributed by atoms with Gasteiger partial charge in [0.2, 0.25) is 0 Å². The SMILES string of the molecule is N#CCC(O)C(O)c1cc(F)c(C#N)c(F)c1. The Hall–Kier alpha value is -2.02. The molecule has 4 nitrogen and oxygen atoms in total. The zero-order valence-corrected chi connectivity index (χ0v) is 8.56. The Balaban J connectivity index is 3.10. The summed E-state index contributed by atoms with van der Waals surface area (Å²) < 4.78 is 26.4. The summed E-state index contributed by atoms with van der Waals surface area (Å²) in [6.07, 6.45) is -3.39. The minimum Gasteiger partial charge on any atom is -0.389 e. The van der Waals surface area contributed by atoms with E-state index in [-0.39, 0.29) is 12.0 Å². The second kappa shape index (κ2) is 5.35. The van der Waals surface area contributed by atoms with Crippen LogP contribution in [0.25, 0.3) is 0 Å². The predicted molar refractivity (Wildman–Crippen MR) is 52.3 cm³/mol. The maximum atomic E-state index is 13.2. The Morgan fingerprint density at radius 3 is 2.12 bits per heavy atom. The van der Waals surface area contributed by atoms with Gasteiger partial charge in [0.15, 0.2) is 0 Å². The van der Waals surface area contributed by atoms with Gasteiger partial charge >= 0.3 is 0 Å². The van der Waals surface area contributed by atoms with Crippen molar-refractivity contribution >= 4 is 0 Å². The topological polar surface area (TPSA) is 88.0 Å². The standard InChI is InChI=1S/C11H8F2N2O2/c12-8-3-6(4-9(13)7(8)5-15)11(17)10(16)1-2-14/h3-4,10-11,16-17H,1H2. The Labute approximate surface area is 96.0 Å². The van der Waals surface area contributed by atoms with Crippen molar-refractivity contribution < 1.29 is 19.0 Å². The van der Waals surface area contributed by atoms with Crippen molar-refractivity contribution in [3.8, 4) is 12.1 Å². The highest BCUT2D eigenvalue weighted by Gasteiger charge is 2.21. The lowest BCUT2D eigenvalue weighted by Gasteiger charge is -2.15. The summed E-state index contributed by atoms with van der Waals surface area (Å²) in [7, 11) is 0. The lowest BCUT2D eigenvalue weighted by atomic mass is 10.0. The van der Waals surface area contributed by atoms with Crippen molar-refractivity contribution in [3.05, 3.63) is 34.9 Å². The van der Waals surface area contributed by atoms with Gasteiger partial charge in [-0.05, 0) is 17.7 Å². The molecule has 0 bridgehead atoms. The van der Waals surface area contributed by atoms with Crippen molar-refractivity contribution in [2.24, 2.45) is 0 Å². The number of nitriles is 2. The summed E-state index contributed by atoms with van der Waals surface area (Å²) in [4.78, 5) is 0. The van der Waals surface area contributed by atoms with Gasteiger partial charge in [-0.25, -0.2) is 8.78 Å². The lowest BCUT2D eigenvalue weighted by Crippen LogP contribution is -2.18. The Bertz CT molecular complexity index is 482. The molecule has 0 aliphatic heterocycles. The van der Waals surface area contributed by atoms with E-state index < -0.39 is 29.4 Å². The van der Waals surface area contributed by atoms with Crippen LogP contribution in [0.2, 0.25) is 0 Å². The summed E-state index contributed by atoms with van der Waals surface area (Å²) in [6, 6.07) is 4.47. The fraction of sp³-hybridized carbons (Fsp3) is 0.273. The number of hydrogen-bond donors (Lipinski definition) is 2. The molecule has 2 atom stereocenters. The van der Waals surface area contributed by atoms with Gasteiger partial charge in [0, 0.05) is 0 Å². The predicted octanol–water partition coefficient (Wildman–Crippen LogP) is 1.14. The summed E-state index contributed by atoms with van der Waals surface area (Å²) >= 11 is 0. The second-order valence-corrected chi connectivity index (χ2v) is 3.35. The molecule has 17 heavy (non-hydrogen) atoms. The van der Waals surface area contributed by atoms with E-state index in [1.807, 2.05) is 0 Å². The van der Waals surface area contributed by atoms with Crippen LogP contribution in [0.3, 0.4) is 0 Å². The highest BCUT2D eigenvalue weighted by Crippen LogP contribution is 2.23. The van der Waals surface area contributed by atoms with Crippen LogP contribution < -0.4 is 0 Å². The maximum Gasteiger partial charge on any atom is 0.144 e. The third kappa shape index (κ3) is 2.76. The van der Waals surface area contributed by atoms with Crippen LogP contribution in [0.15, 0.2) is 12.1 Å². The molecule has 0 aliphatic rings. The molecule has 0 saturated carbocycles. The largest absolute Gasteiger partial charge is 0.389 e. The first kappa shape index (κ1) is 13.0. The van der Waals surface area contributed by atoms with E-state index >= 15 is 0 Å². The van der Waals surface area contributed by atoms with Crippen LogP contribution in [0.5, 0.6) is 0 Å². The maximum absolute atomic E-state index is 13.2. The Kier molecular flexibility index (Phi) is 4.11. The average Bonchev–Trinajstić information content (AvgIpc) is 2.27. The van der Waals surface area contributed by atoms with E-state index in [1.54, 1.807) is 6.07 Å². The van der Waals surface area contributed by atoms with Crippen LogP contribution in [0, 0.1) is 34.3 Å². The van der Waals surface area contributed by atoms with Gasteiger partial charge in [-0.15, -0.1) is 0 Å². The Morgan fingerprint density at radius 2 is 1.71 bits per heavy atom. The molecule has 2 N–H and O–H groups in total. The first-order valence-electron chi connectivity index (χ1n) is 4.63. The number of aliphatic hydroxyl groups is 2. The van der Waals surface area contributed by atoms with Gasteiger partial charge in [-0.2, -0.15) is 10.5 Å². The molecular weight excluding hydrogens is 230 g/mol. The fourth-order valence-electron chi connectivity index (χ4n) is 1.30. The summed E-state index contributed by atoms with van der Waals surface area (Å²) in [5.41, 5.74) is -0.975. The molecule has 1 aromatic carbocycles. The van der Waals surface area contributed by atoms with Gasteiger partial charge in [0.05, 0.1) is 18.6 Å². The molecule has 0 heterocycles. The molecule has 0 fully saturated rings. The van der Waals surface area contributed by atoms with Gasteiger partial charge in [0.1, 0.15) is 29.4 Å². The fourth-order valence-corrected chi connectivity index (χ4v) is 1.30. The van der Waals surface area contributed by atoms with E-state index in [0.29, 0.717) is 0 Å². The first-order chi connectivity index (χ1) is 8.01. The van der Waals surface area contributed by atoms with E-state index in [9.17, 15) is 19.0 Å². The van der Waals surface area contributed by atoms with E-state index in [4.69, 9.17) is 10.5 Å². The third-order valence-corrected chi connectivity index (χ3v) is 2.18. The van der Waals surface area contributed by atoms with Crippen molar-refractivity contribution in [2.75, 3.05) is 0 Å². The normalized spacial score (nSPS) is 13.5. The number of nitrogens with zero attached hydrogens (tertiary/aromatic N) is 2. The first-order valence-corrected chi connectivity index (χ1v) is 4.63. The molecule has 0 amide bonds. The van der Waals surface area contributed by atoms with E-state index in [2.05, 4.69) is 0 Å². The number of benzene rings is 1. The van der Waals surface area contributed by atoms with E-state index in [0.717, 1.165) is 12.1 Å². The zero-order valence-electron chi connectivity index (χ0n) is 8.56. The molecular formula is C11H8F2N2O2. The van der Waals surface area contributed by atoms with Gasteiger partial charge in [0.25, 0.3) is 0 Å². The average molecular weight is 238 g/mol. The van der Waals surface area contributed by atoms with Crippen LogP contribution in [0.1, 0.15) is 23.7 Å². The summed E-state index contributed by atoms with van der Waals surface area (Å²) in [6.45, 7) is 0. The quantitative estimate of drug-likeness (QED) is 0.826. The summed E-state index contributed by atoms with van der Waals surface area (Å²) in [5.74, 6) is -2.24. The number of aliphatic hydroxyl groups excluding tert-OH is 2. The summed E-state index contributed by atoms with van der Waals surface area (Å²) in [5, 5.41) is 35.6. The van der Waals surface area contributed by atoms with Crippen molar-refractivity contribution in [2.45, 2.75) is 18.6 Å². The van der Waals surface area contributed by atoms with Crippen molar-refractivity contribution in [3.63, 3.8) is 0 Å². The number of hydrogen-bond acceptors (Lipinski definition) is 4. The molecule has 0 saturated heterocycles. The highest BCUT2D eigenvalue weighted by molar-refractivity contribution is 5.36. The molecule has 0 spiro atoms. The second-order valence-electron chi connectivity index (χ2n) is 3.35. The van der Waals surface area contributed by atoms with Crippen LogP contribution in [0.4, 0.5) is 8.78 Å². The lowest BCUT2D eigenvalue weighted by molar-refractivity contribution is 0.0213. The molecule has 2 unspecified atom stereocenters. The van der Waals surface area contributed by atoms with Gasteiger partial charge in [-0.3, -0.25) is 0 Å². The Morgan fingerprint density at radius 1 is 1.18 bits per heavy atom. The molecule has 6 heteroatoms. The molecule has 0 radical (unpaired) electrons. The molecule has 1 aromatic rings. The number of halogens is 2. The van der Waals surface area contributed by atoms with Crippen LogP contribution in [-0.2, 0) is 0 Å². The molecule has 88 valence electrons. The molecule has 1 rings (SSSR count). The van der Waals surface area contributed by atoms with Crippen LogP contribution in [-0.4, -0.2) is 16.3 Å². The monoisotopic (exact) mass is 238 g/mol. The minimum absolute atomic E-state index is 0.221. The van der Waals surface area contributed by atoms with Gasteiger partial charge in [-0.1, -0.05) is 0 Å². The smallest absolute Gasteiger partial charge is 0.144 e. The molecule has 0 aliphatic carbocycles. The van der Waals surface area contributed by atoms with Crippen molar-refractivity contribution in [1.29, 1.82) is 10.5 Å². The molecule has 0 aromatic heterocycles. The third-order valence-electron chi connectivity index (χ3n) is 2.18. The number of rotatable bonds is 3. The highest BCUT2D eigenvalue weighted by atomic mass is 19.1. The zero-order chi connectivity index (χ0) is 13.0. The van der Waals surface area contributed by atoms with Gasteiger partial charge < -0.3 is 10.2 Å². The minimum atomic E-state index is -1.58.